The van der Waals surface area contributed by atoms with E-state index in [-0.39, 0.29) is 29.5 Å². The molecule has 0 unspecified atom stereocenters. The standard InChI is InChI=1S/C18H23FN6O4/c1-18(2,3)29-17(28)21-12-7-6-11(19)8-13(12)20-16(27)14-9-25(23-22-14)10-15(26)24(4)5/h6-9H,10H2,1-5H3,(H,20,27)(H,21,28). The first-order valence-electron chi connectivity index (χ1n) is 8.66. The Bertz CT molecular complexity index is 919. The summed E-state index contributed by atoms with van der Waals surface area (Å²) in [5.41, 5.74) is -0.649. The van der Waals surface area contributed by atoms with Crippen LogP contribution in [-0.4, -0.2) is 57.5 Å². The summed E-state index contributed by atoms with van der Waals surface area (Å²) in [7, 11) is 3.19. The van der Waals surface area contributed by atoms with E-state index < -0.39 is 23.4 Å². The summed E-state index contributed by atoms with van der Waals surface area (Å²) in [5.74, 6) is -1.53. The molecule has 0 aliphatic rings. The maximum atomic E-state index is 13.7. The molecule has 1 heterocycles. The Morgan fingerprint density at radius 1 is 1.17 bits per heavy atom. The zero-order valence-corrected chi connectivity index (χ0v) is 16.8. The molecule has 156 valence electrons. The molecule has 1 aromatic heterocycles. The Morgan fingerprint density at radius 3 is 2.48 bits per heavy atom. The molecule has 11 heteroatoms. The second-order valence-electron chi connectivity index (χ2n) is 7.36. The first-order valence-corrected chi connectivity index (χ1v) is 8.66. The lowest BCUT2D eigenvalue weighted by Crippen LogP contribution is -2.27. The number of hydrogen-bond acceptors (Lipinski definition) is 6. The lowest BCUT2D eigenvalue weighted by Gasteiger charge is -2.20. The van der Waals surface area contributed by atoms with Crippen molar-refractivity contribution < 1.29 is 23.5 Å². The number of amides is 3. The number of carbonyl (C=O) groups is 3. The van der Waals surface area contributed by atoms with Crippen LogP contribution in [0.3, 0.4) is 0 Å². The van der Waals surface area contributed by atoms with Gasteiger partial charge in [-0.2, -0.15) is 0 Å². The van der Waals surface area contributed by atoms with Crippen molar-refractivity contribution in [2.24, 2.45) is 0 Å². The highest BCUT2D eigenvalue weighted by molar-refractivity contribution is 6.05. The lowest BCUT2D eigenvalue weighted by molar-refractivity contribution is -0.129. The SMILES string of the molecule is CN(C)C(=O)Cn1cc(C(=O)Nc2cc(F)ccc2NC(=O)OC(C)(C)C)nn1. The van der Waals surface area contributed by atoms with E-state index in [1.807, 2.05) is 0 Å². The largest absolute Gasteiger partial charge is 0.444 e. The third-order valence-electron chi connectivity index (χ3n) is 3.43. The van der Waals surface area contributed by atoms with Crippen molar-refractivity contribution in [3.63, 3.8) is 0 Å². The molecule has 3 amide bonds. The van der Waals surface area contributed by atoms with Gasteiger partial charge in [-0.15, -0.1) is 5.10 Å². The van der Waals surface area contributed by atoms with Gasteiger partial charge in [-0.3, -0.25) is 14.9 Å². The van der Waals surface area contributed by atoms with E-state index in [4.69, 9.17) is 4.74 Å². The number of benzene rings is 1. The van der Waals surface area contributed by atoms with Gasteiger partial charge in [0.25, 0.3) is 5.91 Å². The predicted octanol–water partition coefficient (Wildman–Crippen LogP) is 2.10. The van der Waals surface area contributed by atoms with E-state index in [1.165, 1.54) is 21.8 Å². The van der Waals surface area contributed by atoms with Crippen LogP contribution in [0.5, 0.6) is 0 Å². The summed E-state index contributed by atoms with van der Waals surface area (Å²) in [6, 6.07) is 3.47. The Labute approximate surface area is 167 Å². The molecule has 0 aliphatic heterocycles. The molecule has 0 spiro atoms. The summed E-state index contributed by atoms with van der Waals surface area (Å²) in [4.78, 5) is 37.5. The molecule has 0 fully saturated rings. The van der Waals surface area contributed by atoms with Crippen molar-refractivity contribution in [1.29, 1.82) is 0 Å². The zero-order chi connectivity index (χ0) is 21.8. The number of rotatable bonds is 5. The van der Waals surface area contributed by atoms with Gasteiger partial charge in [-0.25, -0.2) is 13.9 Å². The number of hydrogen-bond donors (Lipinski definition) is 2. The van der Waals surface area contributed by atoms with Crippen LogP contribution in [0.2, 0.25) is 0 Å². The summed E-state index contributed by atoms with van der Waals surface area (Å²) in [5, 5.41) is 12.4. The van der Waals surface area contributed by atoms with Gasteiger partial charge >= 0.3 is 6.09 Å². The van der Waals surface area contributed by atoms with Crippen LogP contribution >= 0.6 is 0 Å². The molecule has 2 rings (SSSR count). The third kappa shape index (κ3) is 6.55. The predicted molar refractivity (Wildman–Crippen MR) is 103 cm³/mol. The normalized spacial score (nSPS) is 11.0. The number of carbonyl (C=O) groups excluding carboxylic acids is 3. The van der Waals surface area contributed by atoms with E-state index in [2.05, 4.69) is 20.9 Å². The fraction of sp³-hybridized carbons (Fsp3) is 0.389. The molecule has 29 heavy (non-hydrogen) atoms. The van der Waals surface area contributed by atoms with Crippen molar-refractivity contribution in [3.05, 3.63) is 35.9 Å². The minimum Gasteiger partial charge on any atom is -0.444 e. The number of ether oxygens (including phenoxy) is 1. The number of anilines is 2. The van der Waals surface area contributed by atoms with Gasteiger partial charge in [0.05, 0.1) is 17.6 Å². The molecular weight excluding hydrogens is 383 g/mol. The minimum absolute atomic E-state index is 0.0137. The van der Waals surface area contributed by atoms with Crippen LogP contribution in [0.25, 0.3) is 0 Å². The first-order chi connectivity index (χ1) is 13.4. The van der Waals surface area contributed by atoms with E-state index in [0.29, 0.717) is 0 Å². The molecule has 0 aliphatic carbocycles. The van der Waals surface area contributed by atoms with Crippen molar-refractivity contribution >= 4 is 29.3 Å². The van der Waals surface area contributed by atoms with Crippen LogP contribution in [0.15, 0.2) is 24.4 Å². The fourth-order valence-corrected chi connectivity index (χ4v) is 2.09. The highest BCUT2D eigenvalue weighted by Gasteiger charge is 2.19. The van der Waals surface area contributed by atoms with Gasteiger partial charge in [-0.1, -0.05) is 5.21 Å². The Morgan fingerprint density at radius 2 is 1.86 bits per heavy atom. The monoisotopic (exact) mass is 406 g/mol. The maximum absolute atomic E-state index is 13.7. The molecule has 1 aromatic carbocycles. The van der Waals surface area contributed by atoms with Gasteiger partial charge in [0.1, 0.15) is 18.0 Å². The molecule has 10 nitrogen and oxygen atoms in total. The van der Waals surface area contributed by atoms with Gasteiger partial charge in [0.2, 0.25) is 5.91 Å². The summed E-state index contributed by atoms with van der Waals surface area (Å²) in [6.45, 7) is 5.01. The average molecular weight is 406 g/mol. The molecular formula is C18H23FN6O4. The quantitative estimate of drug-likeness (QED) is 0.785. The number of likely N-dealkylation sites (N-methyl/N-ethyl adjacent to an activating group) is 1. The van der Waals surface area contributed by atoms with Crippen molar-refractivity contribution in [2.75, 3.05) is 24.7 Å². The number of nitrogens with one attached hydrogen (secondary N) is 2. The first kappa shape index (κ1) is 21.8. The summed E-state index contributed by atoms with van der Waals surface area (Å²) < 4.78 is 20.0. The molecule has 0 radical (unpaired) electrons. The molecule has 2 N–H and O–H groups in total. The van der Waals surface area contributed by atoms with E-state index >= 15 is 0 Å². The van der Waals surface area contributed by atoms with Gasteiger partial charge < -0.3 is 15.0 Å². The maximum Gasteiger partial charge on any atom is 0.412 e. The van der Waals surface area contributed by atoms with Crippen molar-refractivity contribution in [2.45, 2.75) is 32.9 Å². The Kier molecular flexibility index (Phi) is 6.52. The second-order valence-corrected chi connectivity index (χ2v) is 7.36. The summed E-state index contributed by atoms with van der Waals surface area (Å²) >= 11 is 0. The van der Waals surface area contributed by atoms with Crippen LogP contribution in [-0.2, 0) is 16.1 Å². The Balaban J connectivity index is 2.14. The highest BCUT2D eigenvalue weighted by Crippen LogP contribution is 2.24. The minimum atomic E-state index is -0.757. The smallest absolute Gasteiger partial charge is 0.412 e. The van der Waals surface area contributed by atoms with Crippen LogP contribution in [0.4, 0.5) is 20.6 Å². The summed E-state index contributed by atoms with van der Waals surface area (Å²) in [6.07, 6.45) is 0.532. The molecule has 0 bridgehead atoms. The zero-order valence-electron chi connectivity index (χ0n) is 16.8. The van der Waals surface area contributed by atoms with E-state index in [9.17, 15) is 18.8 Å². The van der Waals surface area contributed by atoms with Crippen LogP contribution in [0.1, 0.15) is 31.3 Å². The topological polar surface area (TPSA) is 118 Å². The highest BCUT2D eigenvalue weighted by atomic mass is 19.1. The number of nitrogens with zero attached hydrogens (tertiary/aromatic N) is 4. The second kappa shape index (κ2) is 8.67. The van der Waals surface area contributed by atoms with Crippen molar-refractivity contribution in [1.82, 2.24) is 19.9 Å². The third-order valence-corrected chi connectivity index (χ3v) is 3.43. The molecule has 2 aromatic rings. The van der Waals surface area contributed by atoms with E-state index in [1.54, 1.807) is 34.9 Å². The lowest BCUT2D eigenvalue weighted by atomic mass is 10.2. The van der Waals surface area contributed by atoms with Crippen LogP contribution in [0, 0.1) is 5.82 Å². The average Bonchev–Trinajstić information content (AvgIpc) is 3.04. The molecule has 0 atom stereocenters. The fourth-order valence-electron chi connectivity index (χ4n) is 2.09. The van der Waals surface area contributed by atoms with Crippen LogP contribution < -0.4 is 10.6 Å². The number of halogens is 1. The number of aromatic nitrogens is 3. The molecule has 0 saturated heterocycles. The molecule has 0 saturated carbocycles. The Hall–Kier alpha value is -3.50. The van der Waals surface area contributed by atoms with Gasteiger partial charge in [0, 0.05) is 14.1 Å². The van der Waals surface area contributed by atoms with Crippen molar-refractivity contribution in [3.8, 4) is 0 Å². The van der Waals surface area contributed by atoms with Gasteiger partial charge in [0.15, 0.2) is 5.69 Å². The van der Waals surface area contributed by atoms with Gasteiger partial charge in [-0.05, 0) is 39.0 Å². The van der Waals surface area contributed by atoms with E-state index in [0.717, 1.165) is 12.1 Å².